The molecule has 0 bridgehead atoms. The standard InChI is InChI=1S/C11H10BrF3N4/c1-6-2-3-18(6)10-9-16-4-7(11(13,14)15)19(9)5-8(12)17-10/h4-6H,2-3H2,1H3/t6-/m0/s1. The number of hydrogen-bond acceptors (Lipinski definition) is 3. The Balaban J connectivity index is 2.21. The van der Waals surface area contributed by atoms with E-state index in [9.17, 15) is 13.2 Å². The van der Waals surface area contributed by atoms with Gasteiger partial charge in [0.2, 0.25) is 0 Å². The molecule has 19 heavy (non-hydrogen) atoms. The molecule has 0 spiro atoms. The first kappa shape index (κ1) is 12.7. The van der Waals surface area contributed by atoms with Gasteiger partial charge >= 0.3 is 6.18 Å². The van der Waals surface area contributed by atoms with Crippen molar-refractivity contribution in [1.82, 2.24) is 14.4 Å². The van der Waals surface area contributed by atoms with Crippen molar-refractivity contribution < 1.29 is 13.2 Å². The quantitative estimate of drug-likeness (QED) is 0.803. The average Bonchev–Trinajstić information content (AvgIpc) is 2.70. The van der Waals surface area contributed by atoms with E-state index in [1.807, 2.05) is 11.8 Å². The lowest BCUT2D eigenvalue weighted by atomic mass is 10.1. The Kier molecular flexibility index (Phi) is 2.74. The maximum atomic E-state index is 12.9. The summed E-state index contributed by atoms with van der Waals surface area (Å²) in [5.74, 6) is 0.489. The zero-order valence-electron chi connectivity index (χ0n) is 9.95. The van der Waals surface area contributed by atoms with Crippen LogP contribution in [0.15, 0.2) is 17.0 Å². The molecule has 102 valence electrons. The molecule has 3 rings (SSSR count). The van der Waals surface area contributed by atoms with Gasteiger partial charge in [-0.2, -0.15) is 13.2 Å². The molecular weight excluding hydrogens is 325 g/mol. The first-order valence-corrected chi connectivity index (χ1v) is 6.54. The molecule has 1 fully saturated rings. The predicted octanol–water partition coefficient (Wildman–Crippen LogP) is 3.11. The second kappa shape index (κ2) is 4.09. The molecule has 0 saturated carbocycles. The van der Waals surface area contributed by atoms with E-state index < -0.39 is 11.9 Å². The van der Waals surface area contributed by atoms with Crippen molar-refractivity contribution in [3.05, 3.63) is 22.7 Å². The number of anilines is 1. The molecule has 0 unspecified atom stereocenters. The van der Waals surface area contributed by atoms with Crippen LogP contribution >= 0.6 is 15.9 Å². The lowest BCUT2D eigenvalue weighted by molar-refractivity contribution is -0.141. The summed E-state index contributed by atoms with van der Waals surface area (Å²) in [4.78, 5) is 10.1. The molecule has 1 aliphatic rings. The van der Waals surface area contributed by atoms with Gasteiger partial charge in [-0.15, -0.1) is 0 Å². The molecule has 2 aromatic heterocycles. The zero-order chi connectivity index (χ0) is 13.8. The molecule has 1 atom stereocenters. The summed E-state index contributed by atoms with van der Waals surface area (Å²) in [5.41, 5.74) is -0.554. The van der Waals surface area contributed by atoms with Gasteiger partial charge in [-0.05, 0) is 29.3 Å². The third-order valence-electron chi connectivity index (χ3n) is 3.33. The molecule has 3 heterocycles. The average molecular weight is 335 g/mol. The van der Waals surface area contributed by atoms with Gasteiger partial charge in [-0.3, -0.25) is 4.40 Å². The number of alkyl halides is 3. The maximum Gasteiger partial charge on any atom is 0.433 e. The number of aromatic nitrogens is 3. The smallest absolute Gasteiger partial charge is 0.351 e. The minimum absolute atomic E-state index is 0.238. The van der Waals surface area contributed by atoms with Gasteiger partial charge in [0.25, 0.3) is 0 Å². The summed E-state index contributed by atoms with van der Waals surface area (Å²) >= 11 is 3.16. The van der Waals surface area contributed by atoms with Crippen molar-refractivity contribution in [2.45, 2.75) is 25.6 Å². The van der Waals surface area contributed by atoms with Crippen LogP contribution in [0.25, 0.3) is 5.65 Å². The van der Waals surface area contributed by atoms with Gasteiger partial charge in [0.1, 0.15) is 10.3 Å². The van der Waals surface area contributed by atoms with Crippen LogP contribution in [0.3, 0.4) is 0 Å². The van der Waals surface area contributed by atoms with E-state index in [0.29, 0.717) is 10.4 Å². The summed E-state index contributed by atoms with van der Waals surface area (Å²) in [5, 5.41) is 0. The van der Waals surface area contributed by atoms with Crippen LogP contribution in [0, 0.1) is 0 Å². The van der Waals surface area contributed by atoms with Crippen LogP contribution in [0.1, 0.15) is 19.0 Å². The van der Waals surface area contributed by atoms with Gasteiger partial charge in [-0.1, -0.05) is 0 Å². The Morgan fingerprint density at radius 2 is 2.16 bits per heavy atom. The molecular formula is C11H10BrF3N4. The SMILES string of the molecule is C[C@H]1CCN1c1nc(Br)cn2c(C(F)(F)F)cnc12. The summed E-state index contributed by atoms with van der Waals surface area (Å²) in [6.45, 7) is 2.80. The van der Waals surface area contributed by atoms with E-state index in [0.717, 1.165) is 23.6 Å². The summed E-state index contributed by atoms with van der Waals surface area (Å²) in [6, 6.07) is 0.275. The molecule has 0 N–H and O–H groups in total. The fourth-order valence-corrected chi connectivity index (χ4v) is 2.55. The minimum Gasteiger partial charge on any atom is -0.351 e. The fraction of sp³-hybridized carbons (Fsp3) is 0.455. The fourth-order valence-electron chi connectivity index (χ4n) is 2.18. The number of imidazole rings is 1. The van der Waals surface area contributed by atoms with Gasteiger partial charge in [0, 0.05) is 18.8 Å². The molecule has 2 aromatic rings. The molecule has 0 amide bonds. The number of fused-ring (bicyclic) bond motifs is 1. The van der Waals surface area contributed by atoms with Gasteiger partial charge in [0.15, 0.2) is 11.5 Å². The van der Waals surface area contributed by atoms with E-state index in [1.165, 1.54) is 6.20 Å². The molecule has 0 aromatic carbocycles. The molecule has 0 aliphatic carbocycles. The Morgan fingerprint density at radius 3 is 2.68 bits per heavy atom. The normalized spacial score (nSPS) is 19.8. The second-order valence-corrected chi connectivity index (χ2v) is 5.37. The maximum absolute atomic E-state index is 12.9. The highest BCUT2D eigenvalue weighted by Gasteiger charge is 2.36. The molecule has 1 aliphatic heterocycles. The highest BCUT2D eigenvalue weighted by atomic mass is 79.9. The summed E-state index contributed by atoms with van der Waals surface area (Å²) in [6.07, 6.45) is -1.29. The monoisotopic (exact) mass is 334 g/mol. The predicted molar refractivity (Wildman–Crippen MR) is 67.1 cm³/mol. The highest BCUT2D eigenvalue weighted by Crippen LogP contribution is 2.34. The number of halogens is 4. The van der Waals surface area contributed by atoms with Crippen molar-refractivity contribution in [2.24, 2.45) is 0 Å². The first-order chi connectivity index (χ1) is 8.88. The van der Waals surface area contributed by atoms with Gasteiger partial charge in [-0.25, -0.2) is 9.97 Å². The van der Waals surface area contributed by atoms with E-state index in [-0.39, 0.29) is 11.7 Å². The topological polar surface area (TPSA) is 33.4 Å². The van der Waals surface area contributed by atoms with Gasteiger partial charge < -0.3 is 4.90 Å². The van der Waals surface area contributed by atoms with Crippen LogP contribution in [-0.4, -0.2) is 27.0 Å². The van der Waals surface area contributed by atoms with Crippen LogP contribution < -0.4 is 4.90 Å². The van der Waals surface area contributed by atoms with E-state index >= 15 is 0 Å². The first-order valence-electron chi connectivity index (χ1n) is 5.75. The van der Waals surface area contributed by atoms with Crippen LogP contribution in [0.2, 0.25) is 0 Å². The Hall–Kier alpha value is -1.31. The highest BCUT2D eigenvalue weighted by molar-refractivity contribution is 9.10. The lowest BCUT2D eigenvalue weighted by Crippen LogP contribution is -2.46. The molecule has 0 radical (unpaired) electrons. The Morgan fingerprint density at radius 1 is 1.42 bits per heavy atom. The van der Waals surface area contributed by atoms with Crippen molar-refractivity contribution in [1.29, 1.82) is 0 Å². The van der Waals surface area contributed by atoms with Crippen LogP contribution in [-0.2, 0) is 6.18 Å². The van der Waals surface area contributed by atoms with Gasteiger partial charge in [0.05, 0.1) is 6.20 Å². The summed E-state index contributed by atoms with van der Waals surface area (Å²) < 4.78 is 40.0. The van der Waals surface area contributed by atoms with Crippen molar-refractivity contribution in [3.63, 3.8) is 0 Å². The second-order valence-electron chi connectivity index (χ2n) is 4.55. The largest absolute Gasteiger partial charge is 0.433 e. The van der Waals surface area contributed by atoms with Crippen molar-refractivity contribution in [3.8, 4) is 0 Å². The molecule has 4 nitrogen and oxygen atoms in total. The van der Waals surface area contributed by atoms with E-state index in [2.05, 4.69) is 25.9 Å². The number of nitrogens with zero attached hydrogens (tertiary/aromatic N) is 4. The Bertz CT molecular complexity index is 637. The number of hydrogen-bond donors (Lipinski definition) is 0. The summed E-state index contributed by atoms with van der Waals surface area (Å²) in [7, 11) is 0. The van der Waals surface area contributed by atoms with E-state index in [1.54, 1.807) is 0 Å². The third-order valence-corrected chi connectivity index (χ3v) is 3.71. The number of rotatable bonds is 1. The lowest BCUT2D eigenvalue weighted by Gasteiger charge is -2.39. The minimum atomic E-state index is -4.43. The molecule has 8 heteroatoms. The van der Waals surface area contributed by atoms with Crippen LogP contribution in [0.4, 0.5) is 19.0 Å². The van der Waals surface area contributed by atoms with Crippen molar-refractivity contribution in [2.75, 3.05) is 11.4 Å². The van der Waals surface area contributed by atoms with Crippen LogP contribution in [0.5, 0.6) is 0 Å². The van der Waals surface area contributed by atoms with Crippen molar-refractivity contribution >= 4 is 27.4 Å². The Labute approximate surface area is 115 Å². The van der Waals surface area contributed by atoms with E-state index in [4.69, 9.17) is 0 Å². The molecule has 1 saturated heterocycles. The zero-order valence-corrected chi connectivity index (χ0v) is 11.5. The third kappa shape index (κ3) is 1.98.